The fourth-order valence-electron chi connectivity index (χ4n) is 6.12. The van der Waals surface area contributed by atoms with Gasteiger partial charge in [0.05, 0.1) is 5.02 Å². The number of nitrogens with one attached hydrogen (secondary N) is 1. The molecule has 2 N–H and O–H groups in total. The van der Waals surface area contributed by atoms with Crippen LogP contribution in [0.5, 0.6) is 5.75 Å². The first-order valence-corrected chi connectivity index (χ1v) is 12.4. The molecule has 2 aromatic carbocycles. The van der Waals surface area contributed by atoms with Gasteiger partial charge in [-0.25, -0.2) is 0 Å². The second kappa shape index (κ2) is 8.72. The summed E-state index contributed by atoms with van der Waals surface area (Å²) in [6, 6.07) is 16.2. The van der Waals surface area contributed by atoms with Gasteiger partial charge in [-0.2, -0.15) is 0 Å². The van der Waals surface area contributed by atoms with E-state index in [-0.39, 0.29) is 28.4 Å². The van der Waals surface area contributed by atoms with Gasteiger partial charge in [-0.05, 0) is 73.9 Å². The number of benzene rings is 2. The minimum Gasteiger partial charge on any atom is -0.506 e. The summed E-state index contributed by atoms with van der Waals surface area (Å²) in [6.07, 6.45) is 8.05. The van der Waals surface area contributed by atoms with Gasteiger partial charge < -0.3 is 10.4 Å². The van der Waals surface area contributed by atoms with Crippen molar-refractivity contribution in [1.29, 1.82) is 0 Å². The lowest BCUT2D eigenvalue weighted by Gasteiger charge is -2.33. The molecule has 1 amide bonds. The highest BCUT2D eigenvalue weighted by molar-refractivity contribution is 6.32. The fourth-order valence-corrected chi connectivity index (χ4v) is 6.33. The number of likely N-dealkylation sites (tertiary alicyclic amines) is 1. The molecule has 3 fully saturated rings. The van der Waals surface area contributed by atoms with Gasteiger partial charge in [-0.1, -0.05) is 60.8 Å². The number of piperidine rings is 1. The summed E-state index contributed by atoms with van der Waals surface area (Å²) < 4.78 is 0. The van der Waals surface area contributed by atoms with Crippen LogP contribution in [0, 0.1) is 11.3 Å². The Morgan fingerprint density at radius 2 is 1.78 bits per heavy atom. The van der Waals surface area contributed by atoms with Crippen LogP contribution in [-0.4, -0.2) is 35.5 Å². The van der Waals surface area contributed by atoms with Crippen LogP contribution in [0.15, 0.2) is 48.5 Å². The van der Waals surface area contributed by atoms with Gasteiger partial charge in [-0.3, -0.25) is 9.69 Å². The third-order valence-electron chi connectivity index (χ3n) is 8.32. The molecule has 1 spiro atoms. The Bertz CT molecular complexity index is 963. The van der Waals surface area contributed by atoms with E-state index < -0.39 is 0 Å². The predicted molar refractivity (Wildman–Crippen MR) is 128 cm³/mol. The minimum absolute atomic E-state index is 0.119. The van der Waals surface area contributed by atoms with Gasteiger partial charge in [-0.15, -0.1) is 0 Å². The number of carbonyl (C=O) groups is 1. The van der Waals surface area contributed by atoms with Crippen LogP contribution < -0.4 is 5.32 Å². The quantitative estimate of drug-likeness (QED) is 0.627. The van der Waals surface area contributed by atoms with Crippen LogP contribution in [0.25, 0.3) is 0 Å². The van der Waals surface area contributed by atoms with Crippen molar-refractivity contribution in [3.63, 3.8) is 0 Å². The van der Waals surface area contributed by atoms with Crippen molar-refractivity contribution in [1.82, 2.24) is 10.2 Å². The number of phenolic OH excluding ortho intramolecular Hbond substituents is 1. The zero-order chi connectivity index (χ0) is 22.2. The average molecular weight is 453 g/mol. The van der Waals surface area contributed by atoms with Crippen LogP contribution in [0.1, 0.15) is 56.1 Å². The molecule has 0 radical (unpaired) electrons. The lowest BCUT2D eigenvalue weighted by atomic mass is 9.78. The summed E-state index contributed by atoms with van der Waals surface area (Å²) >= 11 is 6.05. The van der Waals surface area contributed by atoms with E-state index in [1.54, 1.807) is 6.07 Å². The highest BCUT2D eigenvalue weighted by Crippen LogP contribution is 2.59. The maximum absolute atomic E-state index is 13.1. The van der Waals surface area contributed by atoms with E-state index in [1.807, 2.05) is 12.1 Å². The SMILES string of the molecule is O=C(NCC1(c2ccccc2)CCCC1)C1CC12CCN(Cc1ccc(O)c(Cl)c1)CC2. The molecule has 5 rings (SSSR count). The van der Waals surface area contributed by atoms with E-state index in [9.17, 15) is 9.90 Å². The third-order valence-corrected chi connectivity index (χ3v) is 8.63. The monoisotopic (exact) mass is 452 g/mol. The topological polar surface area (TPSA) is 52.6 Å². The van der Waals surface area contributed by atoms with Crippen molar-refractivity contribution in [2.45, 2.75) is 56.9 Å². The Labute approximate surface area is 196 Å². The van der Waals surface area contributed by atoms with Gasteiger partial charge in [0.25, 0.3) is 0 Å². The Hall–Kier alpha value is -2.04. The molecular formula is C27H33ClN2O2. The second-order valence-corrected chi connectivity index (χ2v) is 10.7. The molecule has 3 aliphatic rings. The maximum atomic E-state index is 13.1. The first-order chi connectivity index (χ1) is 15.5. The first kappa shape index (κ1) is 21.8. The summed E-state index contributed by atoms with van der Waals surface area (Å²) in [5.74, 6) is 0.583. The summed E-state index contributed by atoms with van der Waals surface area (Å²) in [4.78, 5) is 15.5. The summed E-state index contributed by atoms with van der Waals surface area (Å²) in [5, 5.41) is 13.4. The molecule has 1 saturated heterocycles. The summed E-state index contributed by atoms with van der Waals surface area (Å²) in [6.45, 7) is 3.63. The highest BCUT2D eigenvalue weighted by atomic mass is 35.5. The molecule has 2 saturated carbocycles. The van der Waals surface area contributed by atoms with Gasteiger partial charge >= 0.3 is 0 Å². The molecule has 1 aliphatic heterocycles. The van der Waals surface area contributed by atoms with Crippen LogP contribution in [0.3, 0.4) is 0 Å². The highest BCUT2D eigenvalue weighted by Gasteiger charge is 2.58. The van der Waals surface area contributed by atoms with Crippen LogP contribution in [-0.2, 0) is 16.8 Å². The van der Waals surface area contributed by atoms with Crippen LogP contribution >= 0.6 is 11.6 Å². The number of hydrogen-bond donors (Lipinski definition) is 2. The van der Waals surface area contributed by atoms with E-state index in [1.165, 1.54) is 31.2 Å². The smallest absolute Gasteiger partial charge is 0.223 e. The zero-order valence-electron chi connectivity index (χ0n) is 18.7. The Balaban J connectivity index is 1.14. The molecule has 2 aliphatic carbocycles. The molecule has 1 heterocycles. The number of carbonyl (C=O) groups excluding carboxylic acids is 1. The van der Waals surface area contributed by atoms with E-state index in [4.69, 9.17) is 11.6 Å². The molecule has 0 aromatic heterocycles. The molecular weight excluding hydrogens is 420 g/mol. The lowest BCUT2D eigenvalue weighted by Crippen LogP contribution is -2.41. The standard InChI is InChI=1S/C27H33ClN2O2/c28-23-16-20(8-9-24(23)31)18-30-14-12-26(13-15-30)17-22(26)25(32)29-19-27(10-4-5-11-27)21-6-2-1-3-7-21/h1-3,6-9,16,22,31H,4-5,10-15,17-19H2,(H,29,32). The van der Waals surface area contributed by atoms with Crippen molar-refractivity contribution in [3.05, 3.63) is 64.7 Å². The first-order valence-electron chi connectivity index (χ1n) is 12.0. The number of rotatable bonds is 6. The normalized spacial score (nSPS) is 23.8. The van der Waals surface area contributed by atoms with Crippen molar-refractivity contribution in [2.75, 3.05) is 19.6 Å². The maximum Gasteiger partial charge on any atom is 0.223 e. The number of aromatic hydroxyl groups is 1. The van der Waals surface area contributed by atoms with Gasteiger partial charge in [0, 0.05) is 24.4 Å². The van der Waals surface area contributed by atoms with Crippen molar-refractivity contribution < 1.29 is 9.90 Å². The van der Waals surface area contributed by atoms with Crippen molar-refractivity contribution >= 4 is 17.5 Å². The van der Waals surface area contributed by atoms with Crippen LogP contribution in [0.2, 0.25) is 5.02 Å². The molecule has 32 heavy (non-hydrogen) atoms. The zero-order valence-corrected chi connectivity index (χ0v) is 19.4. The molecule has 2 aromatic rings. The molecule has 0 bridgehead atoms. The average Bonchev–Trinajstić information content (AvgIpc) is 3.29. The number of phenols is 1. The van der Waals surface area contributed by atoms with Gasteiger partial charge in [0.2, 0.25) is 5.91 Å². The van der Waals surface area contributed by atoms with Crippen LogP contribution in [0.4, 0.5) is 0 Å². The fraction of sp³-hybridized carbons (Fsp3) is 0.519. The van der Waals surface area contributed by atoms with E-state index in [0.717, 1.165) is 51.0 Å². The van der Waals surface area contributed by atoms with E-state index in [2.05, 4.69) is 40.5 Å². The molecule has 5 heteroatoms. The summed E-state index contributed by atoms with van der Waals surface area (Å²) in [5.41, 5.74) is 2.83. The molecule has 1 atom stereocenters. The second-order valence-electron chi connectivity index (χ2n) is 10.3. The minimum atomic E-state index is 0.119. The van der Waals surface area contributed by atoms with Crippen molar-refractivity contribution in [3.8, 4) is 5.75 Å². The molecule has 4 nitrogen and oxygen atoms in total. The van der Waals surface area contributed by atoms with E-state index >= 15 is 0 Å². The predicted octanol–water partition coefficient (Wildman–Crippen LogP) is 5.28. The van der Waals surface area contributed by atoms with Crippen molar-refractivity contribution in [2.24, 2.45) is 11.3 Å². The Morgan fingerprint density at radius 3 is 2.47 bits per heavy atom. The van der Waals surface area contributed by atoms with Gasteiger partial charge in [0.15, 0.2) is 0 Å². The van der Waals surface area contributed by atoms with E-state index in [0.29, 0.717) is 5.02 Å². The number of nitrogens with zero attached hydrogens (tertiary/aromatic N) is 1. The number of hydrogen-bond acceptors (Lipinski definition) is 3. The largest absolute Gasteiger partial charge is 0.506 e. The Kier molecular flexibility index (Phi) is 5.94. The number of halogens is 1. The molecule has 170 valence electrons. The van der Waals surface area contributed by atoms with Gasteiger partial charge in [0.1, 0.15) is 5.75 Å². The Morgan fingerprint density at radius 1 is 1.06 bits per heavy atom. The summed E-state index contributed by atoms with van der Waals surface area (Å²) in [7, 11) is 0. The lowest BCUT2D eigenvalue weighted by molar-refractivity contribution is -0.123. The third kappa shape index (κ3) is 4.27. The number of amides is 1. The molecule has 1 unspecified atom stereocenters.